The van der Waals surface area contributed by atoms with Crippen molar-refractivity contribution in [1.82, 2.24) is 0 Å². The minimum absolute atomic E-state index is 0.645. The van der Waals surface area contributed by atoms with E-state index in [1.54, 1.807) is 0 Å². The van der Waals surface area contributed by atoms with Gasteiger partial charge in [-0.2, -0.15) is 0 Å². The highest BCUT2D eigenvalue weighted by atomic mass is 35.5. The molecule has 0 radical (unpaired) electrons. The predicted octanol–water partition coefficient (Wildman–Crippen LogP) is 3.85. The molecule has 0 N–H and O–H groups in total. The highest BCUT2D eigenvalue weighted by Gasteiger charge is 1.94. The third-order valence-corrected chi connectivity index (χ3v) is 1.85. The maximum Gasteiger partial charge on any atom is 0.0228 e. The Morgan fingerprint density at radius 2 is 1.91 bits per heavy atom. The van der Waals surface area contributed by atoms with Crippen molar-refractivity contribution in [3.63, 3.8) is 0 Å². The molecule has 1 atom stereocenters. The number of halogens is 1. The summed E-state index contributed by atoms with van der Waals surface area (Å²) in [4.78, 5) is 0. The van der Waals surface area contributed by atoms with E-state index in [-0.39, 0.29) is 0 Å². The monoisotopic (exact) mass is 174 g/mol. The van der Waals surface area contributed by atoms with Gasteiger partial charge in [0.15, 0.2) is 0 Å². The van der Waals surface area contributed by atoms with E-state index in [1.807, 2.05) is 0 Å². The van der Waals surface area contributed by atoms with Gasteiger partial charge in [0.25, 0.3) is 0 Å². The number of alkyl halides is 1. The Balaban J connectivity index is 3.39. The first-order valence-corrected chi connectivity index (χ1v) is 4.93. The third kappa shape index (κ3) is 7.93. The zero-order chi connectivity index (χ0) is 8.69. The minimum Gasteiger partial charge on any atom is -0.127 e. The lowest BCUT2D eigenvalue weighted by atomic mass is 10.1. The second-order valence-corrected chi connectivity index (χ2v) is 3.89. The molecule has 0 unspecified atom stereocenters. The molecule has 0 saturated heterocycles. The van der Waals surface area contributed by atoms with Gasteiger partial charge < -0.3 is 0 Å². The molecule has 0 aromatic heterocycles. The van der Waals surface area contributed by atoms with Gasteiger partial charge in [0.2, 0.25) is 0 Å². The Bertz CT molecular complexity index is 105. The van der Waals surface area contributed by atoms with Crippen LogP contribution in [0.3, 0.4) is 0 Å². The van der Waals surface area contributed by atoms with E-state index in [1.165, 1.54) is 6.42 Å². The normalized spacial score (nSPS) is 14.6. The Labute approximate surface area is 75.6 Å². The summed E-state index contributed by atoms with van der Waals surface area (Å²) in [5.41, 5.74) is 0. The molecule has 0 fully saturated rings. The van der Waals surface area contributed by atoms with Gasteiger partial charge in [0.1, 0.15) is 0 Å². The second kappa shape index (κ2) is 6.72. The Morgan fingerprint density at radius 1 is 1.27 bits per heavy atom. The molecule has 0 saturated carbocycles. The zero-order valence-electron chi connectivity index (χ0n) is 7.81. The van der Waals surface area contributed by atoms with Crippen LogP contribution in [0.25, 0.3) is 0 Å². The van der Waals surface area contributed by atoms with Crippen molar-refractivity contribution in [2.24, 2.45) is 11.8 Å². The van der Waals surface area contributed by atoms with Crippen molar-refractivity contribution < 1.29 is 0 Å². The smallest absolute Gasteiger partial charge is 0.0228 e. The van der Waals surface area contributed by atoms with Gasteiger partial charge in [-0.05, 0) is 24.7 Å². The topological polar surface area (TPSA) is 0 Å². The minimum atomic E-state index is 0.645. The molecule has 0 bridgehead atoms. The summed E-state index contributed by atoms with van der Waals surface area (Å²) in [6, 6.07) is 0. The molecule has 1 heteroatoms. The molecule has 66 valence electrons. The summed E-state index contributed by atoms with van der Waals surface area (Å²) < 4.78 is 0. The molecule has 11 heavy (non-hydrogen) atoms. The Morgan fingerprint density at radius 3 is 2.36 bits per heavy atom. The fraction of sp³-hybridized carbons (Fsp3) is 0.800. The quantitative estimate of drug-likeness (QED) is 0.439. The molecule has 0 aliphatic rings. The fourth-order valence-corrected chi connectivity index (χ4v) is 1.20. The largest absolute Gasteiger partial charge is 0.127 e. The van der Waals surface area contributed by atoms with Gasteiger partial charge in [-0.25, -0.2) is 0 Å². The number of allylic oxidation sites excluding steroid dienone is 2. The summed E-state index contributed by atoms with van der Waals surface area (Å²) in [7, 11) is 0. The second-order valence-electron chi connectivity index (χ2n) is 3.51. The van der Waals surface area contributed by atoms with Crippen molar-refractivity contribution in [3.05, 3.63) is 12.2 Å². The number of hydrogen-bond acceptors (Lipinski definition) is 0. The van der Waals surface area contributed by atoms with Gasteiger partial charge in [0.05, 0.1) is 0 Å². The first-order valence-electron chi connectivity index (χ1n) is 4.39. The molecule has 0 heterocycles. The lowest BCUT2D eigenvalue weighted by molar-refractivity contribution is 0.649. The molecular formula is C10H19Cl. The Kier molecular flexibility index (Phi) is 6.74. The van der Waals surface area contributed by atoms with E-state index in [0.717, 1.165) is 18.2 Å². The predicted molar refractivity (Wildman–Crippen MR) is 53.1 cm³/mol. The number of hydrogen-bond donors (Lipinski definition) is 0. The molecule has 0 nitrogen and oxygen atoms in total. The maximum absolute atomic E-state index is 5.60. The van der Waals surface area contributed by atoms with Crippen LogP contribution in [0.4, 0.5) is 0 Å². The van der Waals surface area contributed by atoms with Gasteiger partial charge in [-0.1, -0.05) is 32.9 Å². The highest BCUT2D eigenvalue weighted by Crippen LogP contribution is 2.07. The average molecular weight is 175 g/mol. The fourth-order valence-electron chi connectivity index (χ4n) is 0.851. The van der Waals surface area contributed by atoms with Crippen LogP contribution in [0.15, 0.2) is 12.2 Å². The van der Waals surface area contributed by atoms with E-state index in [2.05, 4.69) is 32.9 Å². The summed E-state index contributed by atoms with van der Waals surface area (Å²) in [5.74, 6) is 2.19. The van der Waals surface area contributed by atoms with E-state index >= 15 is 0 Å². The van der Waals surface area contributed by atoms with Crippen LogP contribution in [-0.2, 0) is 0 Å². The van der Waals surface area contributed by atoms with Crippen molar-refractivity contribution in [2.45, 2.75) is 33.6 Å². The zero-order valence-corrected chi connectivity index (χ0v) is 8.56. The van der Waals surface area contributed by atoms with Gasteiger partial charge in [-0.3, -0.25) is 0 Å². The van der Waals surface area contributed by atoms with Crippen LogP contribution < -0.4 is 0 Å². The number of rotatable bonds is 5. The molecule has 0 aromatic carbocycles. The molecule has 0 aromatic rings. The van der Waals surface area contributed by atoms with Gasteiger partial charge >= 0.3 is 0 Å². The van der Waals surface area contributed by atoms with Crippen molar-refractivity contribution >= 4 is 11.6 Å². The molecule has 0 rings (SSSR count). The van der Waals surface area contributed by atoms with Crippen LogP contribution in [0.5, 0.6) is 0 Å². The molecule has 0 spiro atoms. The summed E-state index contributed by atoms with van der Waals surface area (Å²) in [6.45, 7) is 6.67. The van der Waals surface area contributed by atoms with Gasteiger partial charge in [0, 0.05) is 5.88 Å². The standard InChI is InChI=1S/C10H19Cl/c1-9(2)5-4-6-10(3)7-8-11/h4,6,9-10H,5,7-8H2,1-3H3/t10-/m1/s1. The lowest BCUT2D eigenvalue weighted by Gasteiger charge is -2.02. The Hall–Kier alpha value is 0.0300. The van der Waals surface area contributed by atoms with Crippen LogP contribution >= 0.6 is 11.6 Å². The maximum atomic E-state index is 5.60. The first kappa shape index (κ1) is 11.0. The van der Waals surface area contributed by atoms with Crippen LogP contribution in [0.1, 0.15) is 33.6 Å². The van der Waals surface area contributed by atoms with Crippen LogP contribution in [-0.4, -0.2) is 5.88 Å². The van der Waals surface area contributed by atoms with Crippen LogP contribution in [0.2, 0.25) is 0 Å². The van der Waals surface area contributed by atoms with E-state index in [4.69, 9.17) is 11.6 Å². The van der Waals surface area contributed by atoms with E-state index in [9.17, 15) is 0 Å². The summed E-state index contributed by atoms with van der Waals surface area (Å²) in [6.07, 6.45) is 6.81. The average Bonchev–Trinajstić information content (AvgIpc) is 1.87. The SMILES string of the molecule is CC(C)CC=C[C@@H](C)CCCl. The first-order chi connectivity index (χ1) is 5.16. The highest BCUT2D eigenvalue weighted by molar-refractivity contribution is 6.17. The van der Waals surface area contributed by atoms with Crippen LogP contribution in [0, 0.1) is 11.8 Å². The van der Waals surface area contributed by atoms with Gasteiger partial charge in [-0.15, -0.1) is 11.6 Å². The molecule has 0 aliphatic heterocycles. The molecular weight excluding hydrogens is 156 g/mol. The lowest BCUT2D eigenvalue weighted by Crippen LogP contribution is -1.90. The van der Waals surface area contributed by atoms with Crippen molar-refractivity contribution in [2.75, 3.05) is 5.88 Å². The molecule has 0 aliphatic carbocycles. The molecule has 0 amide bonds. The van der Waals surface area contributed by atoms with E-state index in [0.29, 0.717) is 5.92 Å². The van der Waals surface area contributed by atoms with Crippen molar-refractivity contribution in [3.8, 4) is 0 Å². The van der Waals surface area contributed by atoms with Crippen molar-refractivity contribution in [1.29, 1.82) is 0 Å². The summed E-state index contributed by atoms with van der Waals surface area (Å²) >= 11 is 5.60. The van der Waals surface area contributed by atoms with E-state index < -0.39 is 0 Å². The third-order valence-electron chi connectivity index (χ3n) is 1.64. The summed E-state index contributed by atoms with van der Waals surface area (Å²) in [5, 5.41) is 0.